The van der Waals surface area contributed by atoms with Crippen molar-refractivity contribution in [2.24, 2.45) is 0 Å². The van der Waals surface area contributed by atoms with E-state index in [4.69, 9.17) is 11.6 Å². The number of aromatic amines is 1. The summed E-state index contributed by atoms with van der Waals surface area (Å²) in [6.45, 7) is 3.20. The molecule has 5 nitrogen and oxygen atoms in total. The maximum Gasteiger partial charge on any atom is 0.321 e. The van der Waals surface area contributed by atoms with Crippen LogP contribution in [0.1, 0.15) is 22.4 Å². The van der Waals surface area contributed by atoms with Crippen molar-refractivity contribution in [3.05, 3.63) is 106 Å². The highest BCUT2D eigenvalue weighted by Crippen LogP contribution is 2.28. The van der Waals surface area contributed by atoms with Crippen LogP contribution in [0.4, 0.5) is 0 Å². The van der Waals surface area contributed by atoms with E-state index in [1.807, 2.05) is 66.9 Å². The van der Waals surface area contributed by atoms with Crippen molar-refractivity contribution < 1.29 is 9.90 Å². The van der Waals surface area contributed by atoms with Gasteiger partial charge in [-0.15, -0.1) is 0 Å². The Balaban J connectivity index is 1.43. The lowest BCUT2D eigenvalue weighted by molar-refractivity contribution is -0.139. The third-order valence-electron chi connectivity index (χ3n) is 6.57. The molecule has 0 spiro atoms. The number of hydrogen-bond acceptors (Lipinski definition) is 2. The topological polar surface area (TPSA) is 70.1 Å². The van der Waals surface area contributed by atoms with E-state index in [1.54, 1.807) is 0 Å². The molecule has 3 N–H and O–H groups in total. The van der Waals surface area contributed by atoms with Gasteiger partial charge in [-0.2, -0.15) is 0 Å². The maximum absolute atomic E-state index is 12.1. The average molecular weight is 472 g/mol. The first kappa shape index (κ1) is 22.3. The molecule has 2 heterocycles. The van der Waals surface area contributed by atoms with Crippen molar-refractivity contribution >= 4 is 39.4 Å². The first-order valence-corrected chi connectivity index (χ1v) is 11.7. The van der Waals surface area contributed by atoms with Crippen molar-refractivity contribution in [2.45, 2.75) is 32.5 Å². The molecule has 0 unspecified atom stereocenters. The zero-order chi connectivity index (χ0) is 23.7. The van der Waals surface area contributed by atoms with Crippen LogP contribution in [0.15, 0.2) is 79.0 Å². The van der Waals surface area contributed by atoms with E-state index in [0.29, 0.717) is 19.5 Å². The average Bonchev–Trinajstić information content (AvgIpc) is 3.37. The van der Waals surface area contributed by atoms with Crippen molar-refractivity contribution in [3.63, 3.8) is 0 Å². The van der Waals surface area contributed by atoms with Crippen LogP contribution >= 0.6 is 11.6 Å². The van der Waals surface area contributed by atoms with E-state index >= 15 is 0 Å². The van der Waals surface area contributed by atoms with E-state index < -0.39 is 12.0 Å². The molecule has 0 aliphatic heterocycles. The third kappa shape index (κ3) is 4.20. The molecule has 34 heavy (non-hydrogen) atoms. The third-order valence-corrected chi connectivity index (χ3v) is 6.94. The standard InChI is InChI=1S/C28H26ClN3O2/c1-18-23(16-31-26(28(33)34)14-20-15-30-25-12-6-3-9-21(20)25)22-10-4-7-13-27(22)32(18)17-19-8-2-5-11-24(19)29/h2-13,15,26,30-31H,14,16-17H2,1H3,(H,33,34)/t26-/m1/s1. The van der Waals surface area contributed by atoms with E-state index in [9.17, 15) is 9.90 Å². The van der Waals surface area contributed by atoms with Gasteiger partial charge in [0.05, 0.1) is 0 Å². The number of halogens is 1. The number of carboxylic acids is 1. The molecule has 0 radical (unpaired) electrons. The predicted molar refractivity (Wildman–Crippen MR) is 137 cm³/mol. The highest BCUT2D eigenvalue weighted by atomic mass is 35.5. The monoisotopic (exact) mass is 471 g/mol. The summed E-state index contributed by atoms with van der Waals surface area (Å²) in [5.41, 5.74) is 6.38. The van der Waals surface area contributed by atoms with Crippen molar-refractivity contribution in [3.8, 4) is 0 Å². The smallest absolute Gasteiger partial charge is 0.321 e. The number of nitrogens with one attached hydrogen (secondary N) is 2. The van der Waals surface area contributed by atoms with Crippen LogP contribution in [-0.2, 0) is 24.3 Å². The SMILES string of the molecule is Cc1c(CN[C@H](Cc2c[nH]c3ccccc23)C(=O)O)c2ccccc2n1Cc1ccccc1Cl. The van der Waals surface area contributed by atoms with Crippen LogP contribution in [0.3, 0.4) is 0 Å². The fourth-order valence-corrected chi connectivity index (χ4v) is 4.91. The van der Waals surface area contributed by atoms with Crippen LogP contribution in [0.2, 0.25) is 5.02 Å². The molecule has 0 saturated heterocycles. The predicted octanol–water partition coefficient (Wildman–Crippen LogP) is 5.92. The number of para-hydroxylation sites is 2. The van der Waals surface area contributed by atoms with Gasteiger partial charge in [0.1, 0.15) is 6.04 Å². The van der Waals surface area contributed by atoms with Gasteiger partial charge in [-0.3, -0.25) is 10.1 Å². The Morgan fingerprint density at radius 2 is 1.71 bits per heavy atom. The summed E-state index contributed by atoms with van der Waals surface area (Å²) in [4.78, 5) is 15.4. The molecule has 0 aliphatic rings. The second-order valence-electron chi connectivity index (χ2n) is 8.59. The van der Waals surface area contributed by atoms with Crippen LogP contribution in [0.5, 0.6) is 0 Å². The zero-order valence-corrected chi connectivity index (χ0v) is 19.6. The minimum absolute atomic E-state index is 0.399. The number of nitrogens with zero attached hydrogens (tertiary/aromatic N) is 1. The van der Waals surface area contributed by atoms with E-state index in [-0.39, 0.29) is 0 Å². The van der Waals surface area contributed by atoms with Gasteiger partial charge >= 0.3 is 5.97 Å². The second kappa shape index (κ2) is 9.37. The Hall–Kier alpha value is -3.54. The lowest BCUT2D eigenvalue weighted by Crippen LogP contribution is -2.38. The summed E-state index contributed by atoms with van der Waals surface area (Å²) in [7, 11) is 0. The van der Waals surface area contributed by atoms with Gasteiger partial charge in [-0.1, -0.05) is 66.2 Å². The molecule has 6 heteroatoms. The van der Waals surface area contributed by atoms with Gasteiger partial charge in [0, 0.05) is 58.2 Å². The molecule has 5 rings (SSSR count). The summed E-state index contributed by atoms with van der Waals surface area (Å²) in [5, 5.41) is 16.2. The number of fused-ring (bicyclic) bond motifs is 2. The van der Waals surface area contributed by atoms with Gasteiger partial charge in [0.15, 0.2) is 0 Å². The number of aromatic nitrogens is 2. The minimum Gasteiger partial charge on any atom is -0.480 e. The van der Waals surface area contributed by atoms with Crippen molar-refractivity contribution in [2.75, 3.05) is 0 Å². The van der Waals surface area contributed by atoms with Gasteiger partial charge in [0.25, 0.3) is 0 Å². The molecule has 0 amide bonds. The molecule has 2 aromatic heterocycles. The first-order chi connectivity index (χ1) is 16.5. The Morgan fingerprint density at radius 1 is 1.00 bits per heavy atom. The Kier molecular flexibility index (Phi) is 6.14. The lowest BCUT2D eigenvalue weighted by atomic mass is 10.0. The van der Waals surface area contributed by atoms with Crippen LogP contribution < -0.4 is 5.32 Å². The minimum atomic E-state index is -0.859. The zero-order valence-electron chi connectivity index (χ0n) is 18.9. The molecule has 0 bridgehead atoms. The van der Waals surface area contributed by atoms with Crippen molar-refractivity contribution in [1.82, 2.24) is 14.9 Å². The molecule has 1 atom stereocenters. The van der Waals surface area contributed by atoms with E-state index in [1.165, 1.54) is 0 Å². The fourth-order valence-electron chi connectivity index (χ4n) is 4.72. The van der Waals surface area contributed by atoms with Crippen LogP contribution in [0, 0.1) is 6.92 Å². The molecule has 172 valence electrons. The fraction of sp³-hybridized carbons (Fsp3) is 0.179. The summed E-state index contributed by atoms with van der Waals surface area (Å²) < 4.78 is 2.25. The van der Waals surface area contributed by atoms with Crippen LogP contribution in [0.25, 0.3) is 21.8 Å². The molecule has 3 aromatic carbocycles. The number of carboxylic acid groups (broad SMARTS) is 1. The summed E-state index contributed by atoms with van der Waals surface area (Å²) in [6.07, 6.45) is 2.31. The lowest BCUT2D eigenvalue weighted by Gasteiger charge is -2.15. The second-order valence-corrected chi connectivity index (χ2v) is 9.00. The molecule has 0 aliphatic carbocycles. The normalized spacial score (nSPS) is 12.4. The summed E-state index contributed by atoms with van der Waals surface area (Å²) >= 11 is 6.44. The molecule has 0 fully saturated rings. The molecule has 5 aromatic rings. The van der Waals surface area contributed by atoms with E-state index in [2.05, 4.69) is 33.9 Å². The van der Waals surface area contributed by atoms with Crippen molar-refractivity contribution in [1.29, 1.82) is 0 Å². The maximum atomic E-state index is 12.1. The number of aliphatic carboxylic acids is 1. The Labute approximate surface area is 203 Å². The van der Waals surface area contributed by atoms with Gasteiger partial charge in [0.2, 0.25) is 0 Å². The number of rotatable bonds is 8. The number of benzene rings is 3. The van der Waals surface area contributed by atoms with Crippen LogP contribution in [-0.4, -0.2) is 26.7 Å². The summed E-state index contributed by atoms with van der Waals surface area (Å²) in [6, 6.07) is 23.4. The number of H-pyrrole nitrogens is 1. The highest BCUT2D eigenvalue weighted by Gasteiger charge is 2.21. The largest absolute Gasteiger partial charge is 0.480 e. The molecule has 0 saturated carbocycles. The number of carbonyl (C=O) groups is 1. The van der Waals surface area contributed by atoms with Gasteiger partial charge in [-0.05, 0) is 41.8 Å². The number of hydrogen-bond donors (Lipinski definition) is 3. The summed E-state index contributed by atoms with van der Waals surface area (Å²) in [5.74, 6) is -0.859. The first-order valence-electron chi connectivity index (χ1n) is 11.3. The highest BCUT2D eigenvalue weighted by molar-refractivity contribution is 6.31. The molecular formula is C28H26ClN3O2. The quantitative estimate of drug-likeness (QED) is 0.263. The molecular weight excluding hydrogens is 446 g/mol. The Morgan fingerprint density at radius 3 is 2.50 bits per heavy atom. The Bertz CT molecular complexity index is 1480. The van der Waals surface area contributed by atoms with Gasteiger partial charge in [-0.25, -0.2) is 0 Å². The van der Waals surface area contributed by atoms with Gasteiger partial charge < -0.3 is 14.7 Å². The van der Waals surface area contributed by atoms with E-state index in [0.717, 1.165) is 49.2 Å².